The summed E-state index contributed by atoms with van der Waals surface area (Å²) in [6.45, 7) is 9.93. The van der Waals surface area contributed by atoms with Gasteiger partial charge in [-0.2, -0.15) is 0 Å². The summed E-state index contributed by atoms with van der Waals surface area (Å²) in [5.74, 6) is -0.738. The summed E-state index contributed by atoms with van der Waals surface area (Å²) in [6.07, 6.45) is 0.180. The molecule has 1 unspecified atom stereocenters. The van der Waals surface area contributed by atoms with E-state index in [0.29, 0.717) is 6.54 Å². The van der Waals surface area contributed by atoms with Crippen LogP contribution in [0.15, 0.2) is 18.2 Å². The van der Waals surface area contributed by atoms with E-state index in [0.717, 1.165) is 32.7 Å². The second kappa shape index (κ2) is 8.43. The number of carboxylic acid groups (broad SMARTS) is 1. The zero-order valence-corrected chi connectivity index (χ0v) is 14.5. The monoisotopic (exact) mass is 319 g/mol. The van der Waals surface area contributed by atoms with Crippen molar-refractivity contribution in [3.05, 3.63) is 34.9 Å². The van der Waals surface area contributed by atoms with E-state index >= 15 is 0 Å². The minimum Gasteiger partial charge on any atom is -0.481 e. The van der Waals surface area contributed by atoms with Gasteiger partial charge >= 0.3 is 5.97 Å². The molecular weight excluding hydrogens is 290 g/mol. The van der Waals surface area contributed by atoms with Crippen molar-refractivity contribution in [3.63, 3.8) is 0 Å². The number of aryl methyl sites for hydroxylation is 2. The topological polar surface area (TPSA) is 55.8 Å². The van der Waals surface area contributed by atoms with E-state index in [4.69, 9.17) is 5.11 Å². The largest absolute Gasteiger partial charge is 0.481 e. The van der Waals surface area contributed by atoms with E-state index in [1.807, 2.05) is 7.05 Å². The standard InChI is InChI=1S/C18H29N3O2/c1-14-4-5-16(15(2)12-14)17(20(3)9-6-18(22)23)13-21-10-7-19-8-11-21/h4-5,12,17,19H,6-11,13H2,1-3H3,(H,22,23). The van der Waals surface area contributed by atoms with Crippen molar-refractivity contribution in [2.24, 2.45) is 0 Å². The van der Waals surface area contributed by atoms with Gasteiger partial charge in [0.15, 0.2) is 0 Å². The van der Waals surface area contributed by atoms with Crippen LogP contribution >= 0.6 is 0 Å². The average molecular weight is 319 g/mol. The van der Waals surface area contributed by atoms with Crippen LogP contribution in [0.25, 0.3) is 0 Å². The fourth-order valence-corrected chi connectivity index (χ4v) is 3.24. The minimum absolute atomic E-state index is 0.180. The van der Waals surface area contributed by atoms with Crippen molar-refractivity contribution in [1.29, 1.82) is 0 Å². The molecule has 0 aromatic heterocycles. The Labute approximate surface area is 139 Å². The molecule has 1 aliphatic heterocycles. The van der Waals surface area contributed by atoms with Crippen LogP contribution in [-0.4, -0.2) is 67.2 Å². The molecule has 0 spiro atoms. The van der Waals surface area contributed by atoms with Gasteiger partial charge in [0.05, 0.1) is 6.42 Å². The Bertz CT molecular complexity index is 527. The smallest absolute Gasteiger partial charge is 0.304 e. The molecule has 1 atom stereocenters. The number of piperazine rings is 1. The summed E-state index contributed by atoms with van der Waals surface area (Å²) < 4.78 is 0. The maximum absolute atomic E-state index is 10.9. The Balaban J connectivity index is 2.16. The first-order valence-electron chi connectivity index (χ1n) is 8.39. The SMILES string of the molecule is Cc1ccc(C(CN2CCNCC2)N(C)CCC(=O)O)c(C)c1. The highest BCUT2D eigenvalue weighted by molar-refractivity contribution is 5.66. The van der Waals surface area contributed by atoms with Gasteiger partial charge in [0.25, 0.3) is 0 Å². The van der Waals surface area contributed by atoms with Gasteiger partial charge in [0.1, 0.15) is 0 Å². The van der Waals surface area contributed by atoms with E-state index < -0.39 is 5.97 Å². The predicted octanol–water partition coefficient (Wildman–Crippen LogP) is 1.66. The molecule has 5 heteroatoms. The molecule has 23 heavy (non-hydrogen) atoms. The lowest BCUT2D eigenvalue weighted by atomic mass is 9.97. The summed E-state index contributed by atoms with van der Waals surface area (Å²) in [5, 5.41) is 12.4. The first-order chi connectivity index (χ1) is 11.0. The Hall–Kier alpha value is -1.43. The van der Waals surface area contributed by atoms with Crippen molar-refractivity contribution in [2.45, 2.75) is 26.3 Å². The highest BCUT2D eigenvalue weighted by atomic mass is 16.4. The second-order valence-electron chi connectivity index (χ2n) is 6.55. The predicted molar refractivity (Wildman–Crippen MR) is 92.8 cm³/mol. The van der Waals surface area contributed by atoms with Gasteiger partial charge < -0.3 is 10.4 Å². The van der Waals surface area contributed by atoms with Crippen LogP contribution in [0, 0.1) is 13.8 Å². The van der Waals surface area contributed by atoms with E-state index in [-0.39, 0.29) is 12.5 Å². The van der Waals surface area contributed by atoms with Crippen LogP contribution in [0.4, 0.5) is 0 Å². The Morgan fingerprint density at radius 1 is 1.35 bits per heavy atom. The maximum atomic E-state index is 10.9. The molecule has 1 aromatic rings. The van der Waals surface area contributed by atoms with E-state index in [1.165, 1.54) is 16.7 Å². The molecule has 0 saturated carbocycles. The van der Waals surface area contributed by atoms with Crippen molar-refractivity contribution < 1.29 is 9.90 Å². The maximum Gasteiger partial charge on any atom is 0.304 e. The summed E-state index contributed by atoms with van der Waals surface area (Å²) in [4.78, 5) is 15.6. The van der Waals surface area contributed by atoms with Crippen molar-refractivity contribution in [3.8, 4) is 0 Å². The van der Waals surface area contributed by atoms with Crippen LogP contribution in [0.2, 0.25) is 0 Å². The zero-order chi connectivity index (χ0) is 16.8. The van der Waals surface area contributed by atoms with Crippen LogP contribution in [-0.2, 0) is 4.79 Å². The van der Waals surface area contributed by atoms with Crippen LogP contribution in [0.1, 0.15) is 29.2 Å². The van der Waals surface area contributed by atoms with Crippen LogP contribution in [0.5, 0.6) is 0 Å². The number of likely N-dealkylation sites (N-methyl/N-ethyl adjacent to an activating group) is 1. The zero-order valence-electron chi connectivity index (χ0n) is 14.5. The van der Waals surface area contributed by atoms with Crippen LogP contribution in [0.3, 0.4) is 0 Å². The fraction of sp³-hybridized carbons (Fsp3) is 0.611. The first-order valence-corrected chi connectivity index (χ1v) is 8.39. The fourth-order valence-electron chi connectivity index (χ4n) is 3.24. The van der Waals surface area contributed by atoms with Gasteiger partial charge in [-0.25, -0.2) is 0 Å². The lowest BCUT2D eigenvalue weighted by Gasteiger charge is -2.36. The van der Waals surface area contributed by atoms with Gasteiger partial charge in [-0.05, 0) is 32.0 Å². The third-order valence-electron chi connectivity index (χ3n) is 4.64. The summed E-state index contributed by atoms with van der Waals surface area (Å²) in [6, 6.07) is 6.80. The van der Waals surface area contributed by atoms with Gasteiger partial charge in [-0.3, -0.25) is 14.6 Å². The number of rotatable bonds is 7. The molecule has 0 radical (unpaired) electrons. The summed E-state index contributed by atoms with van der Waals surface area (Å²) in [7, 11) is 2.04. The highest BCUT2D eigenvalue weighted by Crippen LogP contribution is 2.25. The Morgan fingerprint density at radius 3 is 2.65 bits per heavy atom. The molecule has 1 aliphatic rings. The number of hydrogen-bond acceptors (Lipinski definition) is 4. The second-order valence-corrected chi connectivity index (χ2v) is 6.55. The number of carboxylic acids is 1. The molecule has 0 amide bonds. The molecule has 1 fully saturated rings. The van der Waals surface area contributed by atoms with Gasteiger partial charge in [-0.1, -0.05) is 23.8 Å². The van der Waals surface area contributed by atoms with Crippen molar-refractivity contribution in [2.75, 3.05) is 46.3 Å². The Kier molecular flexibility index (Phi) is 6.57. The third kappa shape index (κ3) is 5.30. The molecule has 2 rings (SSSR count). The van der Waals surface area contributed by atoms with Gasteiger partial charge in [-0.15, -0.1) is 0 Å². The van der Waals surface area contributed by atoms with Crippen molar-refractivity contribution >= 4 is 5.97 Å². The molecular formula is C18H29N3O2. The molecule has 1 saturated heterocycles. The molecule has 1 heterocycles. The highest BCUT2D eigenvalue weighted by Gasteiger charge is 2.23. The number of nitrogens with zero attached hydrogens (tertiary/aromatic N) is 2. The van der Waals surface area contributed by atoms with Gasteiger partial charge in [0, 0.05) is 45.3 Å². The molecule has 2 N–H and O–H groups in total. The van der Waals surface area contributed by atoms with E-state index in [1.54, 1.807) is 0 Å². The molecule has 0 aliphatic carbocycles. The normalized spacial score (nSPS) is 17.4. The molecule has 0 bridgehead atoms. The van der Waals surface area contributed by atoms with Crippen molar-refractivity contribution in [1.82, 2.24) is 15.1 Å². The number of carbonyl (C=O) groups is 1. The molecule has 1 aromatic carbocycles. The van der Waals surface area contributed by atoms with E-state index in [2.05, 4.69) is 47.2 Å². The summed E-state index contributed by atoms with van der Waals surface area (Å²) in [5.41, 5.74) is 3.86. The molecule has 5 nitrogen and oxygen atoms in total. The van der Waals surface area contributed by atoms with E-state index in [9.17, 15) is 4.79 Å². The van der Waals surface area contributed by atoms with Crippen LogP contribution < -0.4 is 5.32 Å². The Morgan fingerprint density at radius 2 is 2.04 bits per heavy atom. The van der Waals surface area contributed by atoms with Gasteiger partial charge in [0.2, 0.25) is 0 Å². The third-order valence-corrected chi connectivity index (χ3v) is 4.64. The lowest BCUT2D eigenvalue weighted by Crippen LogP contribution is -2.47. The number of aliphatic carboxylic acids is 1. The average Bonchev–Trinajstić information content (AvgIpc) is 2.52. The summed E-state index contributed by atoms with van der Waals surface area (Å²) >= 11 is 0. The minimum atomic E-state index is -0.738. The number of hydrogen-bond donors (Lipinski definition) is 2. The number of nitrogens with one attached hydrogen (secondary N) is 1. The first kappa shape index (κ1) is 17.9. The number of benzene rings is 1. The quantitative estimate of drug-likeness (QED) is 0.800. The molecule has 128 valence electrons. The lowest BCUT2D eigenvalue weighted by molar-refractivity contribution is -0.137.